The highest BCUT2D eigenvalue weighted by Crippen LogP contribution is 2.49. The lowest BCUT2D eigenvalue weighted by Crippen LogP contribution is -1.97. The van der Waals surface area contributed by atoms with Gasteiger partial charge in [0, 0.05) is 61.4 Å². The van der Waals surface area contributed by atoms with Crippen molar-refractivity contribution >= 4 is 76.1 Å². The topological polar surface area (TPSA) is 54.5 Å². The van der Waals surface area contributed by atoms with Crippen LogP contribution in [0.5, 0.6) is 0 Å². The minimum atomic E-state index is 0.916. The van der Waals surface area contributed by atoms with E-state index in [0.29, 0.717) is 0 Å². The molecule has 51 heavy (non-hydrogen) atoms. The number of benzene rings is 7. The summed E-state index contributed by atoms with van der Waals surface area (Å²) in [7, 11) is 0. The van der Waals surface area contributed by atoms with E-state index in [0.717, 1.165) is 93.4 Å². The highest BCUT2D eigenvalue weighted by atomic mass is 14.8. The number of para-hydroxylation sites is 2. The predicted molar refractivity (Wildman–Crippen MR) is 213 cm³/mol. The molecule has 0 radical (unpaired) electrons. The van der Waals surface area contributed by atoms with Gasteiger partial charge in [-0.05, 0) is 75.3 Å². The van der Waals surface area contributed by atoms with Crippen LogP contribution in [0.1, 0.15) is 0 Å². The monoisotopic (exact) mass is 648 g/mol. The highest BCUT2D eigenvalue weighted by molar-refractivity contribution is 6.22. The Labute approximate surface area is 292 Å². The molecule has 0 spiro atoms. The van der Waals surface area contributed by atoms with Crippen molar-refractivity contribution in [2.75, 3.05) is 0 Å². The molecular formula is C47H28N4. The van der Waals surface area contributed by atoms with Gasteiger partial charge in [0.1, 0.15) is 0 Å². The molecule has 0 aliphatic rings. The summed E-state index contributed by atoms with van der Waals surface area (Å²) in [4.78, 5) is 19.1. The van der Waals surface area contributed by atoms with Gasteiger partial charge in [0.05, 0.1) is 27.8 Å². The molecule has 0 fully saturated rings. The molecule has 4 heterocycles. The zero-order valence-corrected chi connectivity index (χ0v) is 27.4. The van der Waals surface area contributed by atoms with Crippen LogP contribution in [0.15, 0.2) is 164 Å². The third-order valence-electron chi connectivity index (χ3n) is 10.4. The van der Waals surface area contributed by atoms with Crippen LogP contribution in [0.3, 0.4) is 0 Å². The quantitative estimate of drug-likeness (QED) is 0.153. The highest BCUT2D eigenvalue weighted by Gasteiger charge is 2.24. The lowest BCUT2D eigenvalue weighted by Gasteiger charge is -2.22. The SMILES string of the molecule is c1ccc2nc3cccc(-c4c(-c5cccc6ncc7ccccc7c56)c(-c5nccc6c5[nH]c5ccccc56)cc5ccccc45)c3cc2c1. The summed E-state index contributed by atoms with van der Waals surface area (Å²) in [6, 6.07) is 54.0. The number of nitrogens with one attached hydrogen (secondary N) is 1. The number of nitrogens with zero attached hydrogens (tertiary/aromatic N) is 3. The molecule has 0 saturated carbocycles. The average molecular weight is 649 g/mol. The predicted octanol–water partition coefficient (Wildman–Crippen LogP) is 12.3. The van der Waals surface area contributed by atoms with E-state index >= 15 is 0 Å². The standard InChI is InChI=1S/C47H28N4/c1-4-14-31-28(11-1)25-38(46-47-35(23-24-48-46)33-16-6-8-20-40(33)51-47)45(36-18-10-22-42-43(36)32-15-5-2-13-30(32)27-49-42)44(31)34-17-9-21-41-37(34)26-29-12-3-7-19-39(29)50-41/h1-27,51H. The van der Waals surface area contributed by atoms with Crippen molar-refractivity contribution in [2.24, 2.45) is 0 Å². The third-order valence-corrected chi connectivity index (χ3v) is 10.4. The van der Waals surface area contributed by atoms with Crippen molar-refractivity contribution in [2.45, 2.75) is 0 Å². The maximum atomic E-state index is 5.19. The normalized spacial score (nSPS) is 11.9. The molecule has 4 nitrogen and oxygen atoms in total. The number of rotatable bonds is 3. The molecule has 0 bridgehead atoms. The molecule has 0 amide bonds. The minimum absolute atomic E-state index is 0.916. The van der Waals surface area contributed by atoms with Crippen molar-refractivity contribution in [1.82, 2.24) is 19.9 Å². The summed E-state index contributed by atoms with van der Waals surface area (Å²) in [6.45, 7) is 0. The van der Waals surface area contributed by atoms with Gasteiger partial charge in [-0.2, -0.15) is 0 Å². The third kappa shape index (κ3) is 4.17. The second-order valence-electron chi connectivity index (χ2n) is 13.2. The van der Waals surface area contributed by atoms with E-state index in [4.69, 9.17) is 15.0 Å². The Bertz CT molecular complexity index is 3210. The van der Waals surface area contributed by atoms with Crippen molar-refractivity contribution < 1.29 is 0 Å². The summed E-state index contributed by atoms with van der Waals surface area (Å²) < 4.78 is 0. The Morgan fingerprint density at radius 2 is 1.12 bits per heavy atom. The Hall–Kier alpha value is -6.91. The Balaban J connectivity index is 1.38. The van der Waals surface area contributed by atoms with Gasteiger partial charge in [-0.15, -0.1) is 0 Å². The number of hydrogen-bond donors (Lipinski definition) is 1. The van der Waals surface area contributed by atoms with E-state index in [-0.39, 0.29) is 0 Å². The van der Waals surface area contributed by atoms with Crippen LogP contribution < -0.4 is 0 Å². The largest absolute Gasteiger partial charge is 0.353 e. The maximum Gasteiger partial charge on any atom is 0.0949 e. The molecule has 0 aliphatic heterocycles. The molecule has 236 valence electrons. The summed E-state index contributed by atoms with van der Waals surface area (Å²) in [5.74, 6) is 0. The van der Waals surface area contributed by atoms with E-state index in [2.05, 4.69) is 157 Å². The molecule has 0 saturated heterocycles. The van der Waals surface area contributed by atoms with Crippen LogP contribution >= 0.6 is 0 Å². The Morgan fingerprint density at radius 3 is 2.02 bits per heavy atom. The smallest absolute Gasteiger partial charge is 0.0949 e. The van der Waals surface area contributed by atoms with E-state index in [1.807, 2.05) is 12.4 Å². The van der Waals surface area contributed by atoms with Gasteiger partial charge in [0.15, 0.2) is 0 Å². The van der Waals surface area contributed by atoms with Crippen molar-refractivity contribution in [3.63, 3.8) is 0 Å². The van der Waals surface area contributed by atoms with Crippen LogP contribution in [0.2, 0.25) is 0 Å². The minimum Gasteiger partial charge on any atom is -0.353 e. The van der Waals surface area contributed by atoms with Crippen molar-refractivity contribution in [1.29, 1.82) is 0 Å². The first kappa shape index (κ1) is 28.0. The van der Waals surface area contributed by atoms with Gasteiger partial charge in [-0.1, -0.05) is 109 Å². The van der Waals surface area contributed by atoms with E-state index in [1.54, 1.807) is 0 Å². The summed E-state index contributed by atoms with van der Waals surface area (Å²) in [5.41, 5.74) is 11.5. The molecule has 11 rings (SSSR count). The number of hydrogen-bond acceptors (Lipinski definition) is 3. The number of pyridine rings is 3. The molecule has 7 aromatic carbocycles. The summed E-state index contributed by atoms with van der Waals surface area (Å²) in [5, 5.41) is 10.3. The molecule has 0 atom stereocenters. The van der Waals surface area contributed by atoms with Crippen molar-refractivity contribution in [3.8, 4) is 33.5 Å². The maximum absolute atomic E-state index is 5.19. The fraction of sp³-hybridized carbons (Fsp3) is 0. The molecule has 0 unspecified atom stereocenters. The Kier molecular flexibility index (Phi) is 5.92. The zero-order valence-electron chi connectivity index (χ0n) is 27.4. The first-order valence-corrected chi connectivity index (χ1v) is 17.3. The van der Waals surface area contributed by atoms with Gasteiger partial charge >= 0.3 is 0 Å². The van der Waals surface area contributed by atoms with Gasteiger partial charge in [0.25, 0.3) is 0 Å². The first-order chi connectivity index (χ1) is 25.3. The summed E-state index contributed by atoms with van der Waals surface area (Å²) >= 11 is 0. The molecule has 4 aromatic heterocycles. The molecule has 11 aromatic rings. The number of fused-ring (bicyclic) bond motifs is 9. The second kappa shape index (κ2) is 10.8. The van der Waals surface area contributed by atoms with Gasteiger partial charge in [0.2, 0.25) is 0 Å². The van der Waals surface area contributed by atoms with Crippen LogP contribution in [-0.4, -0.2) is 19.9 Å². The second-order valence-corrected chi connectivity index (χ2v) is 13.2. The van der Waals surface area contributed by atoms with E-state index in [1.165, 1.54) is 16.2 Å². The van der Waals surface area contributed by atoms with Crippen LogP contribution in [0, 0.1) is 0 Å². The molecule has 1 N–H and O–H groups in total. The molecule has 4 heteroatoms. The fourth-order valence-electron chi connectivity index (χ4n) is 8.20. The first-order valence-electron chi connectivity index (χ1n) is 17.3. The van der Waals surface area contributed by atoms with E-state index < -0.39 is 0 Å². The fourth-order valence-corrected chi connectivity index (χ4v) is 8.20. The summed E-state index contributed by atoms with van der Waals surface area (Å²) in [6.07, 6.45) is 3.93. The number of aromatic nitrogens is 4. The van der Waals surface area contributed by atoms with Crippen molar-refractivity contribution in [3.05, 3.63) is 164 Å². The van der Waals surface area contributed by atoms with Gasteiger partial charge in [-0.25, -0.2) is 4.98 Å². The number of H-pyrrole nitrogens is 1. The molecular weight excluding hydrogens is 621 g/mol. The average Bonchev–Trinajstić information content (AvgIpc) is 3.58. The zero-order chi connectivity index (χ0) is 33.5. The van der Waals surface area contributed by atoms with Crippen LogP contribution in [0.25, 0.3) is 110 Å². The van der Waals surface area contributed by atoms with Gasteiger partial charge in [-0.3, -0.25) is 9.97 Å². The lowest BCUT2D eigenvalue weighted by molar-refractivity contribution is 1.34. The lowest BCUT2D eigenvalue weighted by atomic mass is 9.82. The van der Waals surface area contributed by atoms with Crippen LogP contribution in [-0.2, 0) is 0 Å². The van der Waals surface area contributed by atoms with E-state index in [9.17, 15) is 0 Å². The number of aromatic amines is 1. The molecule has 0 aliphatic carbocycles. The Morgan fingerprint density at radius 1 is 0.412 bits per heavy atom. The van der Waals surface area contributed by atoms with Gasteiger partial charge < -0.3 is 4.98 Å². The van der Waals surface area contributed by atoms with Crippen LogP contribution in [0.4, 0.5) is 0 Å².